The molecule has 4 N–H and O–H groups in total. The maximum Gasteiger partial charge on any atom is 0.146 e. The van der Waals surface area contributed by atoms with E-state index >= 15 is 0 Å². The molecule has 2 heterocycles. The first kappa shape index (κ1) is 29.3. The van der Waals surface area contributed by atoms with E-state index in [0.717, 1.165) is 62.6 Å². The Morgan fingerprint density at radius 2 is 1.27 bits per heavy atom. The van der Waals surface area contributed by atoms with Gasteiger partial charge in [-0.15, -0.1) is 0 Å². The molecule has 0 fully saturated rings. The minimum Gasteiger partial charge on any atom is -0.398 e. The lowest BCUT2D eigenvalue weighted by Gasteiger charge is -2.29. The Balaban J connectivity index is 1.23. The van der Waals surface area contributed by atoms with E-state index in [4.69, 9.17) is 10.7 Å². The van der Waals surface area contributed by atoms with Gasteiger partial charge in [0.2, 0.25) is 0 Å². The first-order valence-electron chi connectivity index (χ1n) is 16.6. The van der Waals surface area contributed by atoms with Crippen molar-refractivity contribution in [1.82, 2.24) is 5.32 Å². The lowest BCUT2D eigenvalue weighted by atomic mass is 9.92. The molecule has 2 aliphatic rings. The van der Waals surface area contributed by atoms with Crippen LogP contribution in [0.25, 0.3) is 28.0 Å². The van der Waals surface area contributed by atoms with Gasteiger partial charge in [0.25, 0.3) is 0 Å². The molecule has 6 aromatic carbocycles. The molecule has 0 saturated carbocycles. The van der Waals surface area contributed by atoms with Gasteiger partial charge >= 0.3 is 0 Å². The number of nitrogens with zero attached hydrogens (tertiary/aromatic N) is 2. The van der Waals surface area contributed by atoms with Crippen LogP contribution in [0.15, 0.2) is 163 Å². The fourth-order valence-corrected chi connectivity index (χ4v) is 6.95. The van der Waals surface area contributed by atoms with Crippen LogP contribution in [0, 0.1) is 0 Å². The second-order valence-electron chi connectivity index (χ2n) is 12.2. The molecule has 8 rings (SSSR count). The predicted octanol–water partition coefficient (Wildman–Crippen LogP) is 10.0. The largest absolute Gasteiger partial charge is 0.398 e. The summed E-state index contributed by atoms with van der Waals surface area (Å²) in [5, 5.41) is 7.46. The smallest absolute Gasteiger partial charge is 0.146 e. The fraction of sp³-hybridized carbons (Fsp3) is 0.0930. The van der Waals surface area contributed by atoms with E-state index in [1.54, 1.807) is 0 Å². The summed E-state index contributed by atoms with van der Waals surface area (Å²) in [6.45, 7) is 2.23. The van der Waals surface area contributed by atoms with Gasteiger partial charge in [-0.1, -0.05) is 128 Å². The van der Waals surface area contributed by atoms with Crippen molar-refractivity contribution >= 4 is 34.2 Å². The number of fused-ring (bicyclic) bond motifs is 1. The molecule has 2 unspecified atom stereocenters. The Labute approximate surface area is 282 Å². The lowest BCUT2D eigenvalue weighted by molar-refractivity contribution is 0.666. The zero-order valence-electron chi connectivity index (χ0n) is 26.8. The summed E-state index contributed by atoms with van der Waals surface area (Å²) >= 11 is 0. The Bertz CT molecular complexity index is 2150. The summed E-state index contributed by atoms with van der Waals surface area (Å²) in [5.41, 5.74) is 20.6. The van der Waals surface area contributed by atoms with E-state index in [9.17, 15) is 0 Å². The molecule has 0 spiro atoms. The average molecular weight is 624 g/mol. The van der Waals surface area contributed by atoms with E-state index in [2.05, 4.69) is 156 Å². The minimum absolute atomic E-state index is 0.170. The van der Waals surface area contributed by atoms with Crippen LogP contribution in [-0.4, -0.2) is 11.9 Å². The number of benzene rings is 6. The summed E-state index contributed by atoms with van der Waals surface area (Å²) in [6.07, 6.45) is 2.93. The number of nitrogens with two attached hydrogens (primary N) is 1. The summed E-state index contributed by atoms with van der Waals surface area (Å²) < 4.78 is 0. The molecule has 6 aromatic rings. The monoisotopic (exact) mass is 623 g/mol. The quantitative estimate of drug-likeness (QED) is 0.155. The van der Waals surface area contributed by atoms with Crippen LogP contribution in [0.5, 0.6) is 0 Å². The molecule has 0 radical (unpaired) electrons. The topological polar surface area (TPSA) is 65.7 Å². The van der Waals surface area contributed by atoms with Gasteiger partial charge in [0, 0.05) is 28.1 Å². The maximum absolute atomic E-state index is 6.85. The third-order valence-corrected chi connectivity index (χ3v) is 9.23. The van der Waals surface area contributed by atoms with Crippen LogP contribution in [0.4, 0.5) is 22.7 Å². The van der Waals surface area contributed by atoms with Gasteiger partial charge in [0.1, 0.15) is 12.3 Å². The molecule has 0 bridgehead atoms. The van der Waals surface area contributed by atoms with E-state index in [1.165, 1.54) is 16.9 Å². The molecule has 48 heavy (non-hydrogen) atoms. The second kappa shape index (κ2) is 12.6. The number of aliphatic imine (C=N–C) groups is 1. The van der Waals surface area contributed by atoms with Crippen molar-refractivity contribution in [3.05, 3.63) is 174 Å². The highest BCUT2D eigenvalue weighted by molar-refractivity contribution is 6.13. The summed E-state index contributed by atoms with van der Waals surface area (Å²) in [4.78, 5) is 7.70. The van der Waals surface area contributed by atoms with Crippen LogP contribution in [-0.2, 0) is 0 Å². The number of nitrogen functional groups attached to an aromatic ring is 1. The van der Waals surface area contributed by atoms with E-state index in [1.807, 2.05) is 24.3 Å². The fourth-order valence-electron chi connectivity index (χ4n) is 6.95. The average Bonchev–Trinajstić information content (AvgIpc) is 3.54. The van der Waals surface area contributed by atoms with Crippen LogP contribution in [0.1, 0.15) is 36.2 Å². The van der Waals surface area contributed by atoms with Crippen LogP contribution in [0.3, 0.4) is 0 Å². The number of hydrogen-bond donors (Lipinski definition) is 3. The molecule has 234 valence electrons. The molecule has 0 saturated heterocycles. The van der Waals surface area contributed by atoms with Crippen molar-refractivity contribution in [3.8, 4) is 22.3 Å². The molecule has 0 amide bonds. The molecule has 5 nitrogen and oxygen atoms in total. The zero-order valence-corrected chi connectivity index (χ0v) is 26.8. The van der Waals surface area contributed by atoms with Gasteiger partial charge in [-0.3, -0.25) is 4.99 Å². The maximum atomic E-state index is 6.85. The molecule has 2 atom stereocenters. The van der Waals surface area contributed by atoms with Crippen molar-refractivity contribution in [2.24, 2.45) is 4.99 Å². The van der Waals surface area contributed by atoms with Crippen LogP contribution >= 0.6 is 0 Å². The molecule has 5 heteroatoms. The van der Waals surface area contributed by atoms with Crippen molar-refractivity contribution in [2.75, 3.05) is 16.0 Å². The Kier molecular flexibility index (Phi) is 7.71. The second-order valence-corrected chi connectivity index (χ2v) is 12.2. The molecule has 0 aliphatic carbocycles. The Hall–Kier alpha value is -6.07. The molecule has 0 aromatic heterocycles. The normalized spacial score (nSPS) is 16.7. The number of nitrogens with one attached hydrogen (secondary N) is 2. The van der Waals surface area contributed by atoms with Crippen molar-refractivity contribution in [2.45, 2.75) is 25.7 Å². The highest BCUT2D eigenvalue weighted by Crippen LogP contribution is 2.45. The number of hydrogen-bond acceptors (Lipinski definition) is 5. The predicted molar refractivity (Wildman–Crippen MR) is 201 cm³/mol. The van der Waals surface area contributed by atoms with Crippen molar-refractivity contribution in [1.29, 1.82) is 0 Å². The van der Waals surface area contributed by atoms with E-state index in [0.29, 0.717) is 0 Å². The first-order chi connectivity index (χ1) is 23.7. The number of para-hydroxylation sites is 3. The lowest BCUT2D eigenvalue weighted by Crippen LogP contribution is -2.31. The van der Waals surface area contributed by atoms with Crippen LogP contribution < -0.4 is 21.3 Å². The summed E-state index contributed by atoms with van der Waals surface area (Å²) in [5.74, 6) is 0. The molecular weight excluding hydrogens is 587 g/mol. The van der Waals surface area contributed by atoms with Gasteiger partial charge < -0.3 is 21.3 Å². The highest BCUT2D eigenvalue weighted by atomic mass is 15.3. The highest BCUT2D eigenvalue weighted by Gasteiger charge is 2.30. The Morgan fingerprint density at radius 1 is 0.625 bits per heavy atom. The zero-order chi connectivity index (χ0) is 32.5. The van der Waals surface area contributed by atoms with Crippen molar-refractivity contribution in [3.63, 3.8) is 0 Å². The SMILES string of the molecule is CCC1Nc2ccccc2N1c1ccccc1-c1cccc(-c2c(N)cccc2C2N=C(c3ccccc3)C=C(c3ccccc3)N2)c1. The minimum atomic E-state index is -0.340. The number of anilines is 4. The van der Waals surface area contributed by atoms with Gasteiger partial charge in [0.05, 0.1) is 22.8 Å². The van der Waals surface area contributed by atoms with Gasteiger partial charge in [0.15, 0.2) is 0 Å². The third-order valence-electron chi connectivity index (χ3n) is 9.23. The Morgan fingerprint density at radius 3 is 2.06 bits per heavy atom. The number of rotatable bonds is 7. The van der Waals surface area contributed by atoms with E-state index < -0.39 is 0 Å². The first-order valence-corrected chi connectivity index (χ1v) is 16.6. The summed E-state index contributed by atoms with van der Waals surface area (Å²) in [6, 6.07) is 52.9. The third kappa shape index (κ3) is 5.39. The van der Waals surface area contributed by atoms with Crippen LogP contribution in [0.2, 0.25) is 0 Å². The van der Waals surface area contributed by atoms with Gasteiger partial charge in [-0.2, -0.15) is 0 Å². The number of allylic oxidation sites excluding steroid dienone is 1. The van der Waals surface area contributed by atoms with E-state index in [-0.39, 0.29) is 12.3 Å². The summed E-state index contributed by atoms with van der Waals surface area (Å²) in [7, 11) is 0. The molecule has 2 aliphatic heterocycles. The van der Waals surface area contributed by atoms with Gasteiger partial charge in [-0.25, -0.2) is 0 Å². The van der Waals surface area contributed by atoms with Crippen molar-refractivity contribution < 1.29 is 0 Å². The molecular formula is C43H37N5. The standard InChI is InChI=1S/C43H37N5/c1-2-41-45-36-24-10-12-26-40(36)48(41)39-25-11-9-21-33(39)31-19-13-20-32(27-31)42-34(22-14-23-35(42)44)43-46-37(29-15-5-3-6-16-29)28-38(47-43)30-17-7-4-8-18-30/h3-28,41,43,45-46H,2,44H2,1H3. The van der Waals surface area contributed by atoms with Gasteiger partial charge in [-0.05, 0) is 65.1 Å².